The molecule has 0 fully saturated rings. The average Bonchev–Trinajstić information content (AvgIpc) is 3.03. The molecule has 2 atom stereocenters. The molecule has 4 rings (SSSR count). The largest absolute Gasteiger partial charge is 0.462 e. The van der Waals surface area contributed by atoms with Gasteiger partial charge in [0, 0.05) is 11.6 Å². The van der Waals surface area contributed by atoms with Crippen LogP contribution >= 0.6 is 0 Å². The van der Waals surface area contributed by atoms with E-state index in [0.29, 0.717) is 23.3 Å². The van der Waals surface area contributed by atoms with Crippen molar-refractivity contribution < 1.29 is 40.8 Å². The van der Waals surface area contributed by atoms with Crippen LogP contribution in [0.5, 0.6) is 0 Å². The van der Waals surface area contributed by atoms with Gasteiger partial charge < -0.3 is 10.1 Å². The fourth-order valence-corrected chi connectivity index (χ4v) is 5.87. The Kier molecular flexibility index (Phi) is 10.9. The number of benzene rings is 4. The molecule has 0 aliphatic heterocycles. The van der Waals surface area contributed by atoms with Crippen molar-refractivity contribution in [3.05, 3.63) is 142 Å². The lowest BCUT2D eigenvalue weighted by Gasteiger charge is -2.22. The Bertz CT molecular complexity index is 1770. The fraction of sp³-hybridized carbons (Fsp3) is 0.188. The molecule has 240 valence electrons. The van der Waals surface area contributed by atoms with Crippen molar-refractivity contribution in [1.82, 2.24) is 10.0 Å². The minimum atomic E-state index is -4.97. The number of hydrogen-bond acceptors (Lipinski definition) is 7. The smallest absolute Gasteiger partial charge is 0.416 e. The topological polar surface area (TPSA) is 145 Å². The van der Waals surface area contributed by atoms with Crippen molar-refractivity contribution in [2.75, 3.05) is 6.61 Å². The zero-order chi connectivity index (χ0) is 33.3. The molecule has 46 heavy (non-hydrogen) atoms. The molecule has 10 nitrogen and oxygen atoms in total. The number of amides is 1. The lowest BCUT2D eigenvalue weighted by molar-refractivity contribution is -0.388. The van der Waals surface area contributed by atoms with E-state index in [1.54, 1.807) is 72.8 Å². The van der Waals surface area contributed by atoms with Crippen LogP contribution in [-0.2, 0) is 38.6 Å². The van der Waals surface area contributed by atoms with Crippen LogP contribution in [0.3, 0.4) is 0 Å². The number of halogens is 3. The van der Waals surface area contributed by atoms with E-state index >= 15 is 0 Å². The first-order chi connectivity index (χ1) is 21.8. The molecule has 0 saturated heterocycles. The minimum absolute atomic E-state index is 0.114. The zero-order valence-corrected chi connectivity index (χ0v) is 24.8. The molecule has 1 amide bonds. The summed E-state index contributed by atoms with van der Waals surface area (Å²) in [5.74, 6) is -1.51. The van der Waals surface area contributed by atoms with Crippen LogP contribution in [-0.4, -0.2) is 43.9 Å². The monoisotopic (exact) mass is 655 g/mol. The van der Waals surface area contributed by atoms with Gasteiger partial charge in [0.1, 0.15) is 12.6 Å². The number of nitro groups is 1. The number of nitrogens with one attached hydrogen (secondary N) is 2. The summed E-state index contributed by atoms with van der Waals surface area (Å²) in [5, 5.41) is 14.4. The minimum Gasteiger partial charge on any atom is -0.462 e. The standard InChI is InChI=1S/C32H28F3N3O7S/c33-32(34,35)25-16-17-29(28(20-25)38(41)42)46(43,44)37-27(19-23-12-6-2-7-13-23)31(40)45-21-26(18-22-10-4-1-5-11-22)36-30(39)24-14-8-3-9-15-24/h1-17,20,26-27,37H,18-19,21H2,(H,36,39)/t26-,27-/m1/s1. The summed E-state index contributed by atoms with van der Waals surface area (Å²) in [7, 11) is -4.93. The van der Waals surface area contributed by atoms with E-state index < -0.39 is 61.2 Å². The van der Waals surface area contributed by atoms with Gasteiger partial charge in [0.15, 0.2) is 4.90 Å². The lowest BCUT2D eigenvalue weighted by atomic mass is 10.1. The van der Waals surface area contributed by atoms with E-state index in [2.05, 4.69) is 10.0 Å². The van der Waals surface area contributed by atoms with Gasteiger partial charge in [0.25, 0.3) is 11.6 Å². The molecular formula is C32H28F3N3O7S. The van der Waals surface area contributed by atoms with Crippen molar-refractivity contribution >= 4 is 27.6 Å². The van der Waals surface area contributed by atoms with Gasteiger partial charge in [-0.2, -0.15) is 17.9 Å². The first-order valence-corrected chi connectivity index (χ1v) is 15.3. The van der Waals surface area contributed by atoms with Gasteiger partial charge >= 0.3 is 12.1 Å². The number of carbonyl (C=O) groups is 2. The molecule has 0 heterocycles. The number of alkyl halides is 3. The molecule has 0 radical (unpaired) electrons. The fourth-order valence-electron chi connectivity index (χ4n) is 4.53. The molecule has 0 unspecified atom stereocenters. The summed E-state index contributed by atoms with van der Waals surface area (Å²) in [4.78, 5) is 35.6. The lowest BCUT2D eigenvalue weighted by Crippen LogP contribution is -2.46. The summed E-state index contributed by atoms with van der Waals surface area (Å²) in [6.07, 6.45) is -4.97. The van der Waals surface area contributed by atoms with Gasteiger partial charge in [-0.15, -0.1) is 0 Å². The quantitative estimate of drug-likeness (QED) is 0.116. The summed E-state index contributed by atoms with van der Waals surface area (Å²) in [6.45, 7) is -0.375. The van der Waals surface area contributed by atoms with Crippen LogP contribution in [0, 0.1) is 10.1 Å². The van der Waals surface area contributed by atoms with E-state index in [4.69, 9.17) is 4.74 Å². The first kappa shape index (κ1) is 33.8. The second kappa shape index (κ2) is 14.8. The number of hydrogen-bond donors (Lipinski definition) is 2. The van der Waals surface area contributed by atoms with Crippen LogP contribution < -0.4 is 10.0 Å². The third-order valence-electron chi connectivity index (χ3n) is 6.76. The van der Waals surface area contributed by atoms with Gasteiger partial charge in [-0.3, -0.25) is 19.7 Å². The van der Waals surface area contributed by atoms with Crippen LogP contribution in [0.1, 0.15) is 27.0 Å². The Balaban J connectivity index is 1.59. The highest BCUT2D eigenvalue weighted by atomic mass is 32.2. The summed E-state index contributed by atoms with van der Waals surface area (Å²) in [5.41, 5.74) is -1.07. The normalized spacial score (nSPS) is 12.9. The van der Waals surface area contributed by atoms with Crippen molar-refractivity contribution in [3.8, 4) is 0 Å². The van der Waals surface area contributed by atoms with Crippen molar-refractivity contribution in [2.45, 2.75) is 36.0 Å². The number of ether oxygens (including phenoxy) is 1. The Hall–Kier alpha value is -5.08. The number of nitrogens with zero attached hydrogens (tertiary/aromatic N) is 1. The molecular weight excluding hydrogens is 627 g/mol. The Morgan fingerprint density at radius 3 is 1.91 bits per heavy atom. The van der Waals surface area contributed by atoms with Crippen LogP contribution in [0.2, 0.25) is 0 Å². The predicted octanol–water partition coefficient (Wildman–Crippen LogP) is 5.09. The molecule has 0 saturated carbocycles. The molecule has 14 heteroatoms. The molecule has 0 aliphatic carbocycles. The number of carbonyl (C=O) groups excluding carboxylic acids is 2. The number of nitro benzene ring substituents is 1. The highest BCUT2D eigenvalue weighted by Crippen LogP contribution is 2.34. The third-order valence-corrected chi connectivity index (χ3v) is 8.28. The molecule has 0 aliphatic rings. The molecule has 0 bridgehead atoms. The van der Waals surface area contributed by atoms with Crippen LogP contribution in [0.4, 0.5) is 18.9 Å². The molecule has 4 aromatic carbocycles. The maximum absolute atomic E-state index is 13.4. The molecule has 4 aromatic rings. The van der Waals surface area contributed by atoms with Crippen molar-refractivity contribution in [2.24, 2.45) is 0 Å². The second-order valence-corrected chi connectivity index (χ2v) is 11.8. The van der Waals surface area contributed by atoms with Gasteiger partial charge in [0.05, 0.1) is 16.5 Å². The van der Waals surface area contributed by atoms with E-state index in [1.807, 2.05) is 18.2 Å². The van der Waals surface area contributed by atoms with Crippen molar-refractivity contribution in [3.63, 3.8) is 0 Å². The van der Waals surface area contributed by atoms with Crippen LogP contribution in [0.15, 0.2) is 114 Å². The van der Waals surface area contributed by atoms with E-state index in [-0.39, 0.29) is 25.5 Å². The summed E-state index contributed by atoms with van der Waals surface area (Å²) in [6, 6.07) is 24.1. The van der Waals surface area contributed by atoms with Crippen molar-refractivity contribution in [1.29, 1.82) is 0 Å². The molecule has 2 N–H and O–H groups in total. The van der Waals surface area contributed by atoms with Gasteiger partial charge in [-0.05, 0) is 48.2 Å². The van der Waals surface area contributed by atoms with Crippen LogP contribution in [0.25, 0.3) is 0 Å². The maximum atomic E-state index is 13.4. The van der Waals surface area contributed by atoms with E-state index in [9.17, 15) is 41.3 Å². The average molecular weight is 656 g/mol. The SMILES string of the molecule is O=C(N[C@@H](COC(=O)[C@@H](Cc1ccccc1)NS(=O)(=O)c1ccc(C(F)(F)F)cc1[N+](=O)[O-])Cc1ccccc1)c1ccccc1. The second-order valence-electron chi connectivity index (χ2n) is 10.2. The Morgan fingerprint density at radius 1 is 0.826 bits per heavy atom. The third kappa shape index (κ3) is 9.22. The highest BCUT2D eigenvalue weighted by Gasteiger charge is 2.37. The van der Waals surface area contributed by atoms with E-state index in [0.717, 1.165) is 5.56 Å². The molecule has 0 spiro atoms. The van der Waals surface area contributed by atoms with Gasteiger partial charge in [-0.25, -0.2) is 8.42 Å². The predicted molar refractivity (Wildman–Crippen MR) is 161 cm³/mol. The zero-order valence-electron chi connectivity index (χ0n) is 24.0. The number of rotatable bonds is 13. The number of sulfonamides is 1. The Morgan fingerprint density at radius 2 is 1.37 bits per heavy atom. The Labute approximate surface area is 262 Å². The highest BCUT2D eigenvalue weighted by molar-refractivity contribution is 7.89. The van der Waals surface area contributed by atoms with E-state index in [1.165, 1.54) is 0 Å². The summed E-state index contributed by atoms with van der Waals surface area (Å²) >= 11 is 0. The van der Waals surface area contributed by atoms with Gasteiger partial charge in [-0.1, -0.05) is 78.9 Å². The summed E-state index contributed by atoms with van der Waals surface area (Å²) < 4.78 is 73.9. The van der Waals surface area contributed by atoms with Gasteiger partial charge in [0.2, 0.25) is 10.0 Å². The number of esters is 1. The maximum Gasteiger partial charge on any atom is 0.416 e. The molecule has 0 aromatic heterocycles. The first-order valence-electron chi connectivity index (χ1n) is 13.8.